The van der Waals surface area contributed by atoms with Gasteiger partial charge in [-0.2, -0.15) is 5.10 Å². The normalized spacial score (nSPS) is 25.8. The molecule has 1 atom stereocenters. The summed E-state index contributed by atoms with van der Waals surface area (Å²) in [6.45, 7) is 5.00. The zero-order valence-electron chi connectivity index (χ0n) is 15.6. The number of carboxylic acid groups (broad SMARTS) is 1. The largest absolute Gasteiger partial charge is 0.480 e. The fraction of sp³-hybridized carbons (Fsp3) is 0.737. The number of rotatable bonds is 4. The second kappa shape index (κ2) is 6.37. The van der Waals surface area contributed by atoms with Gasteiger partial charge in [0.05, 0.1) is 6.20 Å². The smallest absolute Gasteiger partial charge is 0.320 e. The van der Waals surface area contributed by atoms with Crippen LogP contribution >= 0.6 is 0 Å². The monoisotopic (exact) mass is 360 g/mol. The van der Waals surface area contributed by atoms with Crippen molar-refractivity contribution in [3.8, 4) is 0 Å². The number of aliphatic carboxylic acids is 1. The quantitative estimate of drug-likeness (QED) is 0.878. The number of likely N-dealkylation sites (tertiary alicyclic amines) is 2. The fourth-order valence-electron chi connectivity index (χ4n) is 4.62. The van der Waals surface area contributed by atoms with Gasteiger partial charge in [-0.05, 0) is 44.4 Å². The maximum atomic E-state index is 12.3. The summed E-state index contributed by atoms with van der Waals surface area (Å²) in [6, 6.07) is -0.444. The van der Waals surface area contributed by atoms with Crippen LogP contribution in [0.4, 0.5) is 0 Å². The number of aryl methyl sites for hydroxylation is 1. The van der Waals surface area contributed by atoms with Crippen molar-refractivity contribution in [3.05, 3.63) is 17.5 Å². The Labute approximate surface area is 153 Å². The molecule has 7 nitrogen and oxygen atoms in total. The molecule has 1 aromatic rings. The molecule has 2 aliphatic heterocycles. The maximum Gasteiger partial charge on any atom is 0.320 e. The second-order valence-electron chi connectivity index (χ2n) is 8.44. The van der Waals surface area contributed by atoms with E-state index in [1.165, 1.54) is 0 Å². The first-order valence-corrected chi connectivity index (χ1v) is 9.62. The summed E-state index contributed by atoms with van der Waals surface area (Å²) in [7, 11) is 1.91. The molecular formula is C19H28N4O3. The van der Waals surface area contributed by atoms with Gasteiger partial charge in [0.25, 0.3) is 0 Å². The Balaban J connectivity index is 1.45. The van der Waals surface area contributed by atoms with Crippen LogP contribution in [-0.2, 0) is 23.2 Å². The predicted octanol–water partition coefficient (Wildman–Crippen LogP) is 1.41. The summed E-state index contributed by atoms with van der Waals surface area (Å²) in [6.07, 6.45) is 6.44. The standard InChI is InChI=1S/C19H28N4O3/c1-13-15(10-20-21(13)2)11-23-12-19(9-16(23)18(25)26)5-7-22(8-6-19)17(24)14-3-4-14/h10,14,16H,3-9,11-12H2,1-2H3,(H,25,26). The highest BCUT2D eigenvalue weighted by Gasteiger charge is 2.49. The van der Waals surface area contributed by atoms with Crippen LogP contribution in [-0.4, -0.2) is 62.2 Å². The van der Waals surface area contributed by atoms with Crippen molar-refractivity contribution >= 4 is 11.9 Å². The highest BCUT2D eigenvalue weighted by Crippen LogP contribution is 2.45. The van der Waals surface area contributed by atoms with Gasteiger partial charge in [-0.3, -0.25) is 19.2 Å². The lowest BCUT2D eigenvalue weighted by Crippen LogP contribution is -2.44. The van der Waals surface area contributed by atoms with Crippen molar-refractivity contribution in [2.24, 2.45) is 18.4 Å². The van der Waals surface area contributed by atoms with Gasteiger partial charge in [0, 0.05) is 50.4 Å². The molecule has 2 saturated heterocycles. The molecule has 1 saturated carbocycles. The number of nitrogens with zero attached hydrogens (tertiary/aromatic N) is 4. The first kappa shape index (κ1) is 17.5. The van der Waals surface area contributed by atoms with E-state index in [-0.39, 0.29) is 11.3 Å². The number of amides is 1. The summed E-state index contributed by atoms with van der Waals surface area (Å²) >= 11 is 0. The third-order valence-corrected chi connectivity index (χ3v) is 6.66. The van der Waals surface area contributed by atoms with Crippen LogP contribution in [0.1, 0.15) is 43.4 Å². The average molecular weight is 360 g/mol. The number of carbonyl (C=O) groups is 2. The summed E-state index contributed by atoms with van der Waals surface area (Å²) in [5.74, 6) is -0.153. The fourth-order valence-corrected chi connectivity index (χ4v) is 4.62. The Hall–Kier alpha value is -1.89. The molecule has 0 bridgehead atoms. The van der Waals surface area contributed by atoms with Crippen molar-refractivity contribution < 1.29 is 14.7 Å². The van der Waals surface area contributed by atoms with Gasteiger partial charge >= 0.3 is 5.97 Å². The summed E-state index contributed by atoms with van der Waals surface area (Å²) in [5.41, 5.74) is 2.21. The number of carbonyl (C=O) groups excluding carboxylic acids is 1. The van der Waals surface area contributed by atoms with E-state index in [0.29, 0.717) is 18.9 Å². The average Bonchev–Trinajstić information content (AvgIpc) is 3.35. The predicted molar refractivity (Wildman–Crippen MR) is 95.4 cm³/mol. The Morgan fingerprint density at radius 1 is 1.31 bits per heavy atom. The van der Waals surface area contributed by atoms with Gasteiger partial charge in [-0.15, -0.1) is 0 Å². The third-order valence-electron chi connectivity index (χ3n) is 6.66. The van der Waals surface area contributed by atoms with Crippen molar-refractivity contribution in [1.29, 1.82) is 0 Å². The molecule has 0 aromatic carbocycles. The van der Waals surface area contributed by atoms with E-state index < -0.39 is 12.0 Å². The Bertz CT molecular complexity index is 716. The summed E-state index contributed by atoms with van der Waals surface area (Å²) in [5, 5.41) is 14.0. The van der Waals surface area contributed by atoms with Crippen LogP contribution in [0.25, 0.3) is 0 Å². The number of hydrogen-bond donors (Lipinski definition) is 1. The van der Waals surface area contributed by atoms with E-state index in [1.807, 2.05) is 29.7 Å². The van der Waals surface area contributed by atoms with Crippen LogP contribution < -0.4 is 0 Å². The number of piperidine rings is 1. The Morgan fingerprint density at radius 2 is 2.00 bits per heavy atom. The molecule has 1 spiro atoms. The zero-order chi connectivity index (χ0) is 18.5. The molecule has 26 heavy (non-hydrogen) atoms. The van der Waals surface area contributed by atoms with Crippen LogP contribution in [0.2, 0.25) is 0 Å². The van der Waals surface area contributed by atoms with Crippen molar-refractivity contribution in [1.82, 2.24) is 19.6 Å². The topological polar surface area (TPSA) is 78.7 Å². The molecule has 3 aliphatic rings. The number of hydrogen-bond acceptors (Lipinski definition) is 4. The molecule has 1 unspecified atom stereocenters. The second-order valence-corrected chi connectivity index (χ2v) is 8.44. The molecule has 142 valence electrons. The van der Waals surface area contributed by atoms with Gasteiger partial charge in [-0.25, -0.2) is 0 Å². The maximum absolute atomic E-state index is 12.3. The van der Waals surface area contributed by atoms with Crippen molar-refractivity contribution in [2.75, 3.05) is 19.6 Å². The lowest BCUT2D eigenvalue weighted by molar-refractivity contribution is -0.142. The molecule has 1 N–H and O–H groups in total. The summed E-state index contributed by atoms with van der Waals surface area (Å²) < 4.78 is 1.83. The van der Waals surface area contributed by atoms with Gasteiger partial charge in [-0.1, -0.05) is 0 Å². The SMILES string of the molecule is Cc1c(CN2CC3(CCN(C(=O)C4CC4)CC3)CC2C(=O)O)cnn1C. The molecule has 1 amide bonds. The van der Waals surface area contributed by atoms with Gasteiger partial charge in [0.1, 0.15) is 6.04 Å². The number of carboxylic acids is 1. The Morgan fingerprint density at radius 3 is 2.54 bits per heavy atom. The molecule has 3 fully saturated rings. The molecule has 0 radical (unpaired) electrons. The van der Waals surface area contributed by atoms with E-state index in [9.17, 15) is 14.7 Å². The number of aromatic nitrogens is 2. The summed E-state index contributed by atoms with van der Waals surface area (Å²) in [4.78, 5) is 28.3. The highest BCUT2D eigenvalue weighted by atomic mass is 16.4. The molecule has 7 heteroatoms. The zero-order valence-corrected chi connectivity index (χ0v) is 15.6. The molecule has 4 rings (SSSR count). The molecule has 1 aromatic heterocycles. The molecule has 3 heterocycles. The van der Waals surface area contributed by atoms with E-state index in [2.05, 4.69) is 10.00 Å². The molecule has 1 aliphatic carbocycles. The van der Waals surface area contributed by atoms with E-state index >= 15 is 0 Å². The minimum Gasteiger partial charge on any atom is -0.480 e. The van der Waals surface area contributed by atoms with E-state index in [4.69, 9.17) is 0 Å². The van der Waals surface area contributed by atoms with Crippen LogP contribution in [0.3, 0.4) is 0 Å². The third kappa shape index (κ3) is 3.13. The van der Waals surface area contributed by atoms with Crippen LogP contribution in [0, 0.1) is 18.3 Å². The van der Waals surface area contributed by atoms with Gasteiger partial charge in [0.15, 0.2) is 0 Å². The Kier molecular flexibility index (Phi) is 4.29. The molecular weight excluding hydrogens is 332 g/mol. The minimum atomic E-state index is -0.736. The van der Waals surface area contributed by atoms with Crippen LogP contribution in [0.15, 0.2) is 6.20 Å². The van der Waals surface area contributed by atoms with Gasteiger partial charge < -0.3 is 10.0 Å². The lowest BCUT2D eigenvalue weighted by Gasteiger charge is -2.39. The van der Waals surface area contributed by atoms with E-state index in [1.54, 1.807) is 0 Å². The first-order chi connectivity index (χ1) is 12.4. The van der Waals surface area contributed by atoms with Crippen LogP contribution in [0.5, 0.6) is 0 Å². The lowest BCUT2D eigenvalue weighted by atomic mass is 9.76. The minimum absolute atomic E-state index is 0.0273. The van der Waals surface area contributed by atoms with E-state index in [0.717, 1.165) is 56.6 Å². The van der Waals surface area contributed by atoms with Crippen molar-refractivity contribution in [2.45, 2.75) is 51.6 Å². The first-order valence-electron chi connectivity index (χ1n) is 9.62. The van der Waals surface area contributed by atoms with Gasteiger partial charge in [0.2, 0.25) is 5.91 Å². The highest BCUT2D eigenvalue weighted by molar-refractivity contribution is 5.81. The van der Waals surface area contributed by atoms with Crippen molar-refractivity contribution in [3.63, 3.8) is 0 Å².